The molecular weight excluding hydrogens is 347 g/mol. The summed E-state index contributed by atoms with van der Waals surface area (Å²) < 4.78 is 6.14. The third-order valence-corrected chi connectivity index (χ3v) is 7.89. The minimum atomic E-state index is -1.68. The van der Waals surface area contributed by atoms with Gasteiger partial charge in [-0.15, -0.1) is 0 Å². The van der Waals surface area contributed by atoms with Crippen molar-refractivity contribution in [1.82, 2.24) is 0 Å². The van der Waals surface area contributed by atoms with E-state index >= 15 is 0 Å². The van der Waals surface area contributed by atoms with Gasteiger partial charge in [-0.2, -0.15) is 0 Å². The van der Waals surface area contributed by atoms with Crippen LogP contribution in [-0.2, 0) is 0 Å². The molecule has 3 aromatic rings. The van der Waals surface area contributed by atoms with Gasteiger partial charge in [-0.3, -0.25) is 0 Å². The number of benzene rings is 1. The Morgan fingerprint density at radius 2 is 0.947 bits per heavy atom. The molecule has 0 N–H and O–H groups in total. The Morgan fingerprint density at radius 1 is 0.526 bits per heavy atom. The summed E-state index contributed by atoms with van der Waals surface area (Å²) in [6, 6.07) is 23.3. The molecule has 2 heterocycles. The average Bonchev–Trinajstić information content (AvgIpc) is 2.51. The molecule has 0 spiro atoms. The van der Waals surface area contributed by atoms with Crippen LogP contribution in [0, 0.1) is 3.57 Å². The van der Waals surface area contributed by atoms with Crippen LogP contribution < -0.4 is 5.56 Å². The predicted octanol–water partition coefficient (Wildman–Crippen LogP) is 2.86. The first kappa shape index (κ1) is 12.3. The van der Waals surface area contributed by atoms with Crippen molar-refractivity contribution < 1.29 is 5.56 Å². The molecule has 0 aliphatic carbocycles. The molecule has 0 radical (unpaired) electrons. The van der Waals surface area contributed by atoms with Gasteiger partial charge in [-0.05, 0) is 0 Å². The number of aromatic nitrogens is 2. The fourth-order valence-electron chi connectivity index (χ4n) is 1.82. The summed E-state index contributed by atoms with van der Waals surface area (Å²) >= 11 is -1.68. The summed E-state index contributed by atoms with van der Waals surface area (Å²) in [5, 5.41) is 0. The number of hydrogen-bond donors (Lipinski definition) is 0. The van der Waals surface area contributed by atoms with Crippen LogP contribution in [0.3, 0.4) is 0 Å². The van der Waals surface area contributed by atoms with Crippen LogP contribution in [0.25, 0.3) is 0 Å². The van der Waals surface area contributed by atoms with E-state index in [1.54, 1.807) is 0 Å². The fourth-order valence-corrected chi connectivity index (χ4v) is 6.70. The van der Waals surface area contributed by atoms with E-state index in [1.165, 1.54) is 3.57 Å². The van der Waals surface area contributed by atoms with E-state index in [4.69, 9.17) is 0 Å². The summed E-state index contributed by atoms with van der Waals surface area (Å²) in [5.41, 5.74) is 0. The first-order valence-electron chi connectivity index (χ1n) is 6.14. The minimum absolute atomic E-state index is 1.42. The van der Waals surface area contributed by atoms with Crippen molar-refractivity contribution in [1.29, 1.82) is 0 Å². The van der Waals surface area contributed by atoms with E-state index in [0.717, 1.165) is 0 Å². The Morgan fingerprint density at radius 3 is 1.42 bits per heavy atom. The maximum absolute atomic E-state index is 2.36. The van der Waals surface area contributed by atoms with E-state index in [-0.39, 0.29) is 0 Å². The molecule has 0 bridgehead atoms. The topological polar surface area (TPSA) is 7.76 Å². The normalized spacial score (nSPS) is 11.1. The van der Waals surface area contributed by atoms with Crippen molar-refractivity contribution in [3.63, 3.8) is 0 Å². The third kappa shape index (κ3) is 2.81. The molecule has 2 aromatic heterocycles. The van der Waals surface area contributed by atoms with E-state index in [0.29, 0.717) is 0 Å². The molecule has 3 heteroatoms. The molecule has 1 aromatic carbocycles. The van der Waals surface area contributed by atoms with Crippen molar-refractivity contribution in [2.45, 2.75) is 0 Å². The number of halogens is 1. The Bertz CT molecular complexity index is 533. The molecule has 0 fully saturated rings. The molecule has 0 unspecified atom stereocenters. The number of hydrogen-bond acceptors (Lipinski definition) is 0. The summed E-state index contributed by atoms with van der Waals surface area (Å²) in [5.74, 6) is 0. The van der Waals surface area contributed by atoms with Crippen molar-refractivity contribution in [2.75, 3.05) is 0 Å². The predicted molar refractivity (Wildman–Crippen MR) is 83.2 cm³/mol. The Labute approximate surface area is 121 Å². The van der Waals surface area contributed by atoms with Gasteiger partial charge in [0.05, 0.1) is 0 Å². The van der Waals surface area contributed by atoms with Gasteiger partial charge >= 0.3 is 121 Å². The second kappa shape index (κ2) is 5.93. The quantitative estimate of drug-likeness (QED) is 0.633. The molecular formula is C16H15IN2+2. The van der Waals surface area contributed by atoms with Gasteiger partial charge in [0, 0.05) is 0 Å². The first-order valence-corrected chi connectivity index (χ1v) is 9.15. The van der Waals surface area contributed by atoms with Crippen molar-refractivity contribution in [3.8, 4) is 0 Å². The second-order valence-corrected chi connectivity index (χ2v) is 8.85. The molecule has 0 aliphatic rings. The molecule has 94 valence electrons. The van der Waals surface area contributed by atoms with Crippen molar-refractivity contribution in [2.24, 2.45) is 0 Å². The van der Waals surface area contributed by atoms with Gasteiger partial charge in [-0.25, -0.2) is 0 Å². The van der Waals surface area contributed by atoms with Gasteiger partial charge in [0.2, 0.25) is 0 Å². The first-order chi connectivity index (χ1) is 9.45. The van der Waals surface area contributed by atoms with E-state index in [2.05, 4.69) is 97.1 Å². The Balaban J connectivity index is 2.12. The van der Waals surface area contributed by atoms with Crippen LogP contribution in [0.5, 0.6) is 0 Å². The zero-order valence-electron chi connectivity index (χ0n) is 10.4. The van der Waals surface area contributed by atoms with Crippen LogP contribution in [0.15, 0.2) is 91.5 Å². The van der Waals surface area contributed by atoms with Crippen LogP contribution in [-0.4, -0.2) is 0 Å². The van der Waals surface area contributed by atoms with Crippen LogP contribution in [0.2, 0.25) is 0 Å². The number of rotatable bonds is 3. The van der Waals surface area contributed by atoms with Crippen molar-refractivity contribution >= 4 is 20.4 Å². The second-order valence-electron chi connectivity index (χ2n) is 3.98. The van der Waals surface area contributed by atoms with Gasteiger partial charge in [-0.1, -0.05) is 0 Å². The fraction of sp³-hybridized carbons (Fsp3) is 0. The molecule has 19 heavy (non-hydrogen) atoms. The average molecular weight is 362 g/mol. The number of pyridine rings is 2. The van der Waals surface area contributed by atoms with Gasteiger partial charge in [0.15, 0.2) is 0 Å². The Kier molecular flexibility index (Phi) is 3.83. The van der Waals surface area contributed by atoms with Crippen LogP contribution in [0.1, 0.15) is 0 Å². The monoisotopic (exact) mass is 362 g/mol. The standard InChI is InChI=1S/C16H15IN2/c1-4-10-16(11-5-1)17(18-12-6-2-7-13-18)19-14-8-3-9-15-19/h1-15H/q+2. The van der Waals surface area contributed by atoms with E-state index < -0.39 is 20.4 Å². The maximum atomic E-state index is 2.36. The summed E-state index contributed by atoms with van der Waals surface area (Å²) in [6.07, 6.45) is 8.66. The molecule has 2 nitrogen and oxygen atoms in total. The van der Waals surface area contributed by atoms with Gasteiger partial charge < -0.3 is 0 Å². The van der Waals surface area contributed by atoms with Gasteiger partial charge in [0.25, 0.3) is 0 Å². The molecule has 0 saturated carbocycles. The molecule has 0 saturated heterocycles. The van der Waals surface area contributed by atoms with E-state index in [1.807, 2.05) is 0 Å². The van der Waals surface area contributed by atoms with E-state index in [9.17, 15) is 0 Å². The number of nitrogens with zero attached hydrogens (tertiary/aromatic N) is 2. The zero-order chi connectivity index (χ0) is 12.9. The van der Waals surface area contributed by atoms with Crippen LogP contribution >= 0.6 is 20.4 Å². The summed E-state index contributed by atoms with van der Waals surface area (Å²) in [6.45, 7) is 0. The molecule has 3 rings (SSSR count). The molecule has 0 aliphatic heterocycles. The summed E-state index contributed by atoms with van der Waals surface area (Å²) in [7, 11) is 0. The van der Waals surface area contributed by atoms with Crippen LogP contribution in [0.4, 0.5) is 0 Å². The molecule has 0 atom stereocenters. The SMILES string of the molecule is c1ccc(I([n+]2ccccc2)[n+]2ccccc2)cc1. The zero-order valence-corrected chi connectivity index (χ0v) is 12.6. The summed E-state index contributed by atoms with van der Waals surface area (Å²) in [4.78, 5) is 0. The van der Waals surface area contributed by atoms with Gasteiger partial charge in [0.1, 0.15) is 0 Å². The third-order valence-electron chi connectivity index (χ3n) is 2.66. The Hall–Kier alpha value is -1.75. The molecule has 0 amide bonds. The van der Waals surface area contributed by atoms with Crippen molar-refractivity contribution in [3.05, 3.63) is 95.1 Å².